The van der Waals surface area contributed by atoms with Gasteiger partial charge in [-0.3, -0.25) is 14.9 Å². The molecule has 25 heavy (non-hydrogen) atoms. The smallest absolute Gasteiger partial charge is 0.277 e. The van der Waals surface area contributed by atoms with E-state index in [1.54, 1.807) is 0 Å². The molecular weight excluding hydrogens is 325 g/mol. The number of halogens is 1. The van der Waals surface area contributed by atoms with E-state index in [4.69, 9.17) is 5.73 Å². The standard InChI is InChI=1S/C18H18FN3O3/c1-11-9-13(18(20)23)12-5-2-3-7-16(12)21(11)10-14-15(19)6-4-8-17(14)22(24)25/h2-8,11,13H,9-10H2,1H3,(H2,20,23)/t11-,13+/m1/s1. The van der Waals surface area contributed by atoms with Crippen LogP contribution in [0.3, 0.4) is 0 Å². The molecule has 130 valence electrons. The van der Waals surface area contributed by atoms with Crippen LogP contribution < -0.4 is 10.6 Å². The van der Waals surface area contributed by atoms with E-state index in [0.29, 0.717) is 6.42 Å². The summed E-state index contributed by atoms with van der Waals surface area (Å²) in [7, 11) is 0. The molecule has 0 bridgehead atoms. The number of fused-ring (bicyclic) bond motifs is 1. The summed E-state index contributed by atoms with van der Waals surface area (Å²) in [5.74, 6) is -1.44. The summed E-state index contributed by atoms with van der Waals surface area (Å²) in [5.41, 5.74) is 6.83. The quantitative estimate of drug-likeness (QED) is 0.682. The molecule has 0 saturated heterocycles. The number of rotatable bonds is 4. The van der Waals surface area contributed by atoms with Crippen LogP contribution in [0.25, 0.3) is 0 Å². The Balaban J connectivity index is 2.05. The van der Waals surface area contributed by atoms with E-state index in [1.807, 2.05) is 36.1 Å². The van der Waals surface area contributed by atoms with Gasteiger partial charge in [0, 0.05) is 17.8 Å². The SMILES string of the molecule is C[C@@H]1C[C@H](C(N)=O)c2ccccc2N1Cc1c(F)cccc1[N+](=O)[O-]. The molecule has 0 aliphatic carbocycles. The summed E-state index contributed by atoms with van der Waals surface area (Å²) in [6.07, 6.45) is 0.481. The molecule has 2 atom stereocenters. The minimum atomic E-state index is -0.615. The lowest BCUT2D eigenvalue weighted by molar-refractivity contribution is -0.385. The molecule has 1 aliphatic rings. The maximum atomic E-state index is 14.3. The molecule has 1 amide bonds. The molecule has 7 heteroatoms. The number of nitro benzene ring substituents is 1. The van der Waals surface area contributed by atoms with Crippen LogP contribution in [-0.2, 0) is 11.3 Å². The Morgan fingerprint density at radius 3 is 2.72 bits per heavy atom. The van der Waals surface area contributed by atoms with Crippen molar-refractivity contribution >= 4 is 17.3 Å². The van der Waals surface area contributed by atoms with Crippen LogP contribution in [0.1, 0.15) is 30.4 Å². The number of hydrogen-bond donors (Lipinski definition) is 1. The van der Waals surface area contributed by atoms with Crippen molar-refractivity contribution in [2.75, 3.05) is 4.90 Å². The molecule has 6 nitrogen and oxygen atoms in total. The van der Waals surface area contributed by atoms with E-state index >= 15 is 0 Å². The van der Waals surface area contributed by atoms with Gasteiger partial charge in [0.25, 0.3) is 5.69 Å². The Hall–Kier alpha value is -2.96. The van der Waals surface area contributed by atoms with Crippen LogP contribution in [0.15, 0.2) is 42.5 Å². The topological polar surface area (TPSA) is 89.5 Å². The van der Waals surface area contributed by atoms with Crippen LogP contribution in [-0.4, -0.2) is 16.9 Å². The third-order valence-electron chi connectivity index (χ3n) is 4.69. The molecule has 0 unspecified atom stereocenters. The number of nitrogens with zero attached hydrogens (tertiary/aromatic N) is 2. The molecule has 2 aromatic rings. The lowest BCUT2D eigenvalue weighted by Gasteiger charge is -2.40. The number of carbonyl (C=O) groups is 1. The summed E-state index contributed by atoms with van der Waals surface area (Å²) < 4.78 is 14.3. The van der Waals surface area contributed by atoms with Gasteiger partial charge >= 0.3 is 0 Å². The first-order chi connectivity index (χ1) is 11.9. The van der Waals surface area contributed by atoms with Gasteiger partial charge in [0.2, 0.25) is 5.91 Å². The van der Waals surface area contributed by atoms with Gasteiger partial charge in [-0.15, -0.1) is 0 Å². The predicted molar refractivity (Wildman–Crippen MR) is 91.7 cm³/mol. The van der Waals surface area contributed by atoms with Gasteiger partial charge in [-0.2, -0.15) is 0 Å². The average molecular weight is 343 g/mol. The molecule has 0 spiro atoms. The number of hydrogen-bond acceptors (Lipinski definition) is 4. The molecule has 2 N–H and O–H groups in total. The van der Waals surface area contributed by atoms with Gasteiger partial charge in [-0.25, -0.2) is 4.39 Å². The first-order valence-corrected chi connectivity index (χ1v) is 7.96. The zero-order chi connectivity index (χ0) is 18.1. The van der Waals surface area contributed by atoms with Gasteiger partial charge < -0.3 is 10.6 Å². The molecular formula is C18H18FN3O3. The van der Waals surface area contributed by atoms with Crippen molar-refractivity contribution < 1.29 is 14.1 Å². The van der Waals surface area contributed by atoms with Crippen molar-refractivity contribution in [1.82, 2.24) is 0 Å². The Morgan fingerprint density at radius 1 is 1.32 bits per heavy atom. The van der Waals surface area contributed by atoms with Gasteiger partial charge in [0.05, 0.1) is 22.9 Å². The van der Waals surface area contributed by atoms with Crippen molar-refractivity contribution in [3.8, 4) is 0 Å². The van der Waals surface area contributed by atoms with Crippen LogP contribution in [0.2, 0.25) is 0 Å². The first-order valence-electron chi connectivity index (χ1n) is 7.96. The normalized spacial score (nSPS) is 19.4. The van der Waals surface area contributed by atoms with Crippen LogP contribution in [0, 0.1) is 15.9 Å². The maximum absolute atomic E-state index is 14.3. The third kappa shape index (κ3) is 3.05. The highest BCUT2D eigenvalue weighted by molar-refractivity contribution is 5.85. The Kier molecular flexibility index (Phi) is 4.39. The van der Waals surface area contributed by atoms with E-state index in [0.717, 1.165) is 11.3 Å². The highest BCUT2D eigenvalue weighted by Crippen LogP contribution is 2.39. The van der Waals surface area contributed by atoms with Crippen LogP contribution in [0.4, 0.5) is 15.8 Å². The number of amides is 1. The molecule has 0 aromatic heterocycles. The van der Waals surface area contributed by atoms with Crippen molar-refractivity contribution in [2.24, 2.45) is 5.73 Å². The highest BCUT2D eigenvalue weighted by Gasteiger charge is 2.34. The minimum Gasteiger partial charge on any atom is -0.369 e. The zero-order valence-electron chi connectivity index (χ0n) is 13.7. The average Bonchev–Trinajstić information content (AvgIpc) is 2.57. The molecule has 1 heterocycles. The largest absolute Gasteiger partial charge is 0.369 e. The number of benzene rings is 2. The molecule has 0 radical (unpaired) electrons. The van der Waals surface area contributed by atoms with Crippen molar-refractivity contribution in [1.29, 1.82) is 0 Å². The maximum Gasteiger partial charge on any atom is 0.277 e. The zero-order valence-corrected chi connectivity index (χ0v) is 13.7. The lowest BCUT2D eigenvalue weighted by atomic mass is 9.85. The number of anilines is 1. The molecule has 0 saturated carbocycles. The minimum absolute atomic E-state index is 0.0340. The second-order valence-electron chi connectivity index (χ2n) is 6.22. The fraction of sp³-hybridized carbons (Fsp3) is 0.278. The van der Waals surface area contributed by atoms with E-state index in [9.17, 15) is 19.3 Å². The van der Waals surface area contributed by atoms with E-state index in [2.05, 4.69) is 0 Å². The summed E-state index contributed by atoms with van der Waals surface area (Å²) in [5, 5.41) is 11.2. The number of carbonyl (C=O) groups excluding carboxylic acids is 1. The van der Waals surface area contributed by atoms with Crippen molar-refractivity contribution in [2.45, 2.75) is 31.8 Å². The highest BCUT2D eigenvalue weighted by atomic mass is 19.1. The van der Waals surface area contributed by atoms with Gasteiger partial charge in [-0.05, 0) is 31.0 Å². The van der Waals surface area contributed by atoms with Crippen LogP contribution >= 0.6 is 0 Å². The summed E-state index contributed by atoms with van der Waals surface area (Å²) >= 11 is 0. The monoisotopic (exact) mass is 343 g/mol. The van der Waals surface area contributed by atoms with Gasteiger partial charge in [0.15, 0.2) is 0 Å². The van der Waals surface area contributed by atoms with E-state index in [-0.39, 0.29) is 23.8 Å². The second kappa shape index (κ2) is 6.51. The Bertz CT molecular complexity index is 840. The van der Waals surface area contributed by atoms with E-state index in [1.165, 1.54) is 18.2 Å². The summed E-state index contributed by atoms with van der Waals surface area (Å²) in [6.45, 7) is 1.95. The second-order valence-corrected chi connectivity index (χ2v) is 6.22. The number of nitrogens with two attached hydrogens (primary N) is 1. The van der Waals surface area contributed by atoms with Crippen molar-refractivity contribution in [3.05, 3.63) is 69.5 Å². The number of primary amides is 1. The summed E-state index contributed by atoms with van der Waals surface area (Å²) in [4.78, 5) is 24.3. The van der Waals surface area contributed by atoms with Crippen LogP contribution in [0.5, 0.6) is 0 Å². The Morgan fingerprint density at radius 2 is 2.04 bits per heavy atom. The fourth-order valence-corrected chi connectivity index (χ4v) is 3.43. The molecule has 3 rings (SSSR count). The first kappa shape index (κ1) is 16.9. The Labute approximate surface area is 144 Å². The fourth-order valence-electron chi connectivity index (χ4n) is 3.43. The molecule has 0 fully saturated rings. The van der Waals surface area contributed by atoms with Crippen molar-refractivity contribution in [3.63, 3.8) is 0 Å². The summed E-state index contributed by atoms with van der Waals surface area (Å²) in [6, 6.07) is 11.0. The predicted octanol–water partition coefficient (Wildman–Crippen LogP) is 3.10. The lowest BCUT2D eigenvalue weighted by Crippen LogP contribution is -2.41. The number of nitro groups is 1. The molecule has 1 aliphatic heterocycles. The third-order valence-corrected chi connectivity index (χ3v) is 4.69. The van der Waals surface area contributed by atoms with Gasteiger partial charge in [-0.1, -0.05) is 24.3 Å². The molecule has 2 aromatic carbocycles. The number of para-hydroxylation sites is 1. The van der Waals surface area contributed by atoms with Gasteiger partial charge in [0.1, 0.15) is 5.82 Å². The van der Waals surface area contributed by atoms with E-state index < -0.39 is 22.6 Å².